The van der Waals surface area contributed by atoms with Crippen molar-refractivity contribution in [2.24, 2.45) is 0 Å². The van der Waals surface area contributed by atoms with E-state index < -0.39 is 12.1 Å². The summed E-state index contributed by atoms with van der Waals surface area (Å²) in [7, 11) is 1.69. The third kappa shape index (κ3) is 4.37. The SMILES string of the molecule is CNc1snc(C)c1C(=O)OC(C)C(=O)N(CCC#N)c1ccccc1. The van der Waals surface area contributed by atoms with Crippen molar-refractivity contribution in [1.82, 2.24) is 4.37 Å². The van der Waals surface area contributed by atoms with Crippen LogP contribution in [0.25, 0.3) is 0 Å². The number of nitriles is 1. The molecule has 1 N–H and O–H groups in total. The van der Waals surface area contributed by atoms with Gasteiger partial charge < -0.3 is 15.0 Å². The van der Waals surface area contributed by atoms with Gasteiger partial charge in [0.15, 0.2) is 6.10 Å². The van der Waals surface area contributed by atoms with Gasteiger partial charge in [-0.25, -0.2) is 4.79 Å². The third-order valence-electron chi connectivity index (χ3n) is 3.71. The summed E-state index contributed by atoms with van der Waals surface area (Å²) in [5.74, 6) is -0.985. The number of esters is 1. The average molecular weight is 372 g/mol. The van der Waals surface area contributed by atoms with Gasteiger partial charge in [-0.2, -0.15) is 9.64 Å². The molecule has 26 heavy (non-hydrogen) atoms. The van der Waals surface area contributed by atoms with Crippen molar-refractivity contribution in [3.05, 3.63) is 41.6 Å². The topological polar surface area (TPSA) is 95.3 Å². The number of ether oxygens (including phenoxy) is 1. The van der Waals surface area contributed by atoms with Gasteiger partial charge in [-0.1, -0.05) is 18.2 Å². The Morgan fingerprint density at radius 1 is 1.38 bits per heavy atom. The summed E-state index contributed by atoms with van der Waals surface area (Å²) in [5, 5.41) is 12.3. The van der Waals surface area contributed by atoms with Crippen molar-refractivity contribution in [3.63, 3.8) is 0 Å². The van der Waals surface area contributed by atoms with E-state index in [0.717, 1.165) is 11.5 Å². The summed E-state index contributed by atoms with van der Waals surface area (Å²) < 4.78 is 9.51. The quantitative estimate of drug-likeness (QED) is 0.751. The van der Waals surface area contributed by atoms with Crippen LogP contribution in [0.3, 0.4) is 0 Å². The lowest BCUT2D eigenvalue weighted by molar-refractivity contribution is -0.126. The zero-order valence-electron chi connectivity index (χ0n) is 14.9. The molecule has 0 aliphatic rings. The summed E-state index contributed by atoms with van der Waals surface area (Å²) >= 11 is 1.16. The van der Waals surface area contributed by atoms with Crippen molar-refractivity contribution in [2.75, 3.05) is 23.8 Å². The zero-order valence-corrected chi connectivity index (χ0v) is 15.7. The summed E-state index contributed by atoms with van der Waals surface area (Å²) in [6.07, 6.45) is -0.816. The van der Waals surface area contributed by atoms with Crippen LogP contribution < -0.4 is 10.2 Å². The molecule has 1 amide bonds. The Morgan fingerprint density at radius 2 is 2.08 bits per heavy atom. The molecular formula is C18H20N4O3S. The first-order valence-corrected chi connectivity index (χ1v) is 8.85. The Balaban J connectivity index is 2.17. The number of benzene rings is 1. The minimum atomic E-state index is -0.995. The molecule has 7 nitrogen and oxygen atoms in total. The molecule has 1 atom stereocenters. The highest BCUT2D eigenvalue weighted by Gasteiger charge is 2.28. The highest BCUT2D eigenvalue weighted by Crippen LogP contribution is 2.25. The molecule has 0 saturated heterocycles. The van der Waals surface area contributed by atoms with Gasteiger partial charge in [0.1, 0.15) is 10.6 Å². The summed E-state index contributed by atoms with van der Waals surface area (Å²) in [6.45, 7) is 3.46. The van der Waals surface area contributed by atoms with Crippen LogP contribution >= 0.6 is 11.5 Å². The van der Waals surface area contributed by atoms with Crippen molar-refractivity contribution in [1.29, 1.82) is 5.26 Å². The first kappa shape index (κ1) is 19.4. The molecule has 1 aromatic heterocycles. The molecule has 0 fully saturated rings. The molecule has 0 bridgehead atoms. The maximum absolute atomic E-state index is 12.8. The number of amides is 1. The minimum Gasteiger partial charge on any atom is -0.449 e. The fraction of sp³-hybridized carbons (Fsp3) is 0.333. The monoisotopic (exact) mass is 372 g/mol. The molecule has 2 aromatic rings. The number of aromatic nitrogens is 1. The molecule has 1 unspecified atom stereocenters. The molecule has 0 saturated carbocycles. The first-order valence-electron chi connectivity index (χ1n) is 8.08. The first-order chi connectivity index (χ1) is 12.5. The normalized spacial score (nSPS) is 11.3. The number of aryl methyl sites for hydroxylation is 1. The second-order valence-electron chi connectivity index (χ2n) is 5.50. The molecule has 1 aromatic carbocycles. The maximum atomic E-state index is 12.8. The molecular weight excluding hydrogens is 352 g/mol. The van der Waals surface area contributed by atoms with E-state index in [0.29, 0.717) is 21.9 Å². The van der Waals surface area contributed by atoms with Crippen molar-refractivity contribution < 1.29 is 14.3 Å². The number of carbonyl (C=O) groups is 2. The minimum absolute atomic E-state index is 0.179. The van der Waals surface area contributed by atoms with E-state index in [-0.39, 0.29) is 18.9 Å². The maximum Gasteiger partial charge on any atom is 0.343 e. The zero-order chi connectivity index (χ0) is 19.1. The molecule has 0 aliphatic heterocycles. The molecule has 0 spiro atoms. The highest BCUT2D eigenvalue weighted by molar-refractivity contribution is 7.10. The smallest absolute Gasteiger partial charge is 0.343 e. The van der Waals surface area contributed by atoms with Crippen LogP contribution in [0.4, 0.5) is 10.7 Å². The van der Waals surface area contributed by atoms with Gasteiger partial charge in [0.05, 0.1) is 18.2 Å². The highest BCUT2D eigenvalue weighted by atomic mass is 32.1. The summed E-state index contributed by atoms with van der Waals surface area (Å²) in [4.78, 5) is 26.7. The number of hydrogen-bond donors (Lipinski definition) is 1. The number of carbonyl (C=O) groups excluding carboxylic acids is 2. The fourth-order valence-electron chi connectivity index (χ4n) is 2.41. The molecule has 0 radical (unpaired) electrons. The number of nitrogens with one attached hydrogen (secondary N) is 1. The Bertz CT molecular complexity index is 814. The Kier molecular flexibility index (Phi) is 6.69. The van der Waals surface area contributed by atoms with Gasteiger partial charge in [-0.15, -0.1) is 0 Å². The van der Waals surface area contributed by atoms with E-state index in [1.165, 1.54) is 11.8 Å². The number of para-hydroxylation sites is 1. The van der Waals surface area contributed by atoms with Gasteiger partial charge in [0.25, 0.3) is 5.91 Å². The van der Waals surface area contributed by atoms with Crippen LogP contribution in [-0.2, 0) is 9.53 Å². The van der Waals surface area contributed by atoms with Crippen LogP contribution in [-0.4, -0.2) is 35.9 Å². The molecule has 2 rings (SSSR count). The predicted octanol–water partition coefficient (Wildman–Crippen LogP) is 2.99. The largest absolute Gasteiger partial charge is 0.449 e. The van der Waals surface area contributed by atoms with E-state index in [4.69, 9.17) is 10.00 Å². The Labute approximate surface area is 156 Å². The molecule has 136 valence electrons. The van der Waals surface area contributed by atoms with E-state index in [2.05, 4.69) is 9.69 Å². The number of rotatable bonds is 7. The van der Waals surface area contributed by atoms with Crippen LogP contribution in [0.15, 0.2) is 30.3 Å². The Hall–Kier alpha value is -2.92. The van der Waals surface area contributed by atoms with Crippen molar-refractivity contribution >= 4 is 34.1 Å². The van der Waals surface area contributed by atoms with Gasteiger partial charge >= 0.3 is 5.97 Å². The van der Waals surface area contributed by atoms with Gasteiger partial charge in [0.2, 0.25) is 0 Å². The summed E-state index contributed by atoms with van der Waals surface area (Å²) in [6, 6.07) is 11.0. The van der Waals surface area contributed by atoms with Gasteiger partial charge in [-0.3, -0.25) is 4.79 Å². The second-order valence-corrected chi connectivity index (χ2v) is 6.28. The second kappa shape index (κ2) is 8.97. The predicted molar refractivity (Wildman–Crippen MR) is 100 cm³/mol. The average Bonchev–Trinajstić information content (AvgIpc) is 3.03. The van der Waals surface area contributed by atoms with E-state index in [1.54, 1.807) is 38.2 Å². The number of nitrogens with zero attached hydrogens (tertiary/aromatic N) is 3. The van der Waals surface area contributed by atoms with E-state index in [1.807, 2.05) is 12.1 Å². The van der Waals surface area contributed by atoms with Crippen LogP contribution in [0.5, 0.6) is 0 Å². The van der Waals surface area contributed by atoms with Crippen LogP contribution in [0.1, 0.15) is 29.4 Å². The molecule has 1 heterocycles. The third-order valence-corrected chi connectivity index (χ3v) is 4.66. The van der Waals surface area contributed by atoms with E-state index >= 15 is 0 Å². The number of anilines is 2. The van der Waals surface area contributed by atoms with Crippen LogP contribution in [0, 0.1) is 18.3 Å². The lowest BCUT2D eigenvalue weighted by Crippen LogP contribution is -2.40. The number of hydrogen-bond acceptors (Lipinski definition) is 7. The standard InChI is InChI=1S/C18H20N4O3S/c1-12-15(16(20-3)26-21-12)18(24)25-13(2)17(23)22(11-7-10-19)14-8-5-4-6-9-14/h4-6,8-9,13,20H,7,11H2,1-3H3. The molecule has 0 aliphatic carbocycles. The van der Waals surface area contributed by atoms with Gasteiger partial charge in [-0.05, 0) is 37.5 Å². The fourth-order valence-corrected chi connectivity index (χ4v) is 3.14. The summed E-state index contributed by atoms with van der Waals surface area (Å²) in [5.41, 5.74) is 1.54. The Morgan fingerprint density at radius 3 is 2.69 bits per heavy atom. The lowest BCUT2D eigenvalue weighted by Gasteiger charge is -2.25. The lowest BCUT2D eigenvalue weighted by atomic mass is 10.2. The van der Waals surface area contributed by atoms with Gasteiger partial charge in [0, 0.05) is 19.3 Å². The van der Waals surface area contributed by atoms with Crippen LogP contribution in [0.2, 0.25) is 0 Å². The van der Waals surface area contributed by atoms with Crippen molar-refractivity contribution in [3.8, 4) is 6.07 Å². The van der Waals surface area contributed by atoms with Crippen molar-refractivity contribution in [2.45, 2.75) is 26.4 Å². The van der Waals surface area contributed by atoms with E-state index in [9.17, 15) is 9.59 Å². The molecule has 8 heteroatoms.